The van der Waals surface area contributed by atoms with E-state index in [0.29, 0.717) is 17.6 Å². The first-order valence-corrected chi connectivity index (χ1v) is 11.2. The Morgan fingerprint density at radius 1 is 1.07 bits per heavy atom. The molecule has 2 aromatic rings. The van der Waals surface area contributed by atoms with Gasteiger partial charge >= 0.3 is 5.76 Å². The molecule has 1 atom stereocenters. The number of hydrogen-bond donors (Lipinski definition) is 0. The van der Waals surface area contributed by atoms with Crippen molar-refractivity contribution in [3.8, 4) is 0 Å². The lowest BCUT2D eigenvalue weighted by molar-refractivity contribution is 0.150. The van der Waals surface area contributed by atoms with E-state index in [0.717, 1.165) is 38.9 Å². The predicted molar refractivity (Wildman–Crippen MR) is 103 cm³/mol. The number of sulfonamides is 1. The zero-order valence-electron chi connectivity index (χ0n) is 15.8. The summed E-state index contributed by atoms with van der Waals surface area (Å²) >= 11 is 0. The molecule has 1 aromatic heterocycles. The summed E-state index contributed by atoms with van der Waals surface area (Å²) < 4.78 is 35.0. The Morgan fingerprint density at radius 3 is 2.59 bits per heavy atom. The van der Waals surface area contributed by atoms with Gasteiger partial charge in [-0.15, -0.1) is 0 Å². The number of aryl methyl sites for hydroxylation is 1. The first kappa shape index (κ1) is 18.7. The van der Waals surface area contributed by atoms with Gasteiger partial charge in [0.25, 0.3) is 0 Å². The van der Waals surface area contributed by atoms with Crippen molar-refractivity contribution >= 4 is 21.1 Å². The highest BCUT2D eigenvalue weighted by Crippen LogP contribution is 2.28. The highest BCUT2D eigenvalue weighted by molar-refractivity contribution is 7.89. The smallest absolute Gasteiger partial charge is 0.408 e. The predicted octanol–water partition coefficient (Wildman–Crippen LogP) is 2.16. The quantitative estimate of drug-likeness (QED) is 0.796. The van der Waals surface area contributed by atoms with Crippen LogP contribution in [0.2, 0.25) is 0 Å². The van der Waals surface area contributed by atoms with Crippen molar-refractivity contribution in [3.05, 3.63) is 28.7 Å². The van der Waals surface area contributed by atoms with E-state index in [1.807, 2.05) is 0 Å². The first-order valence-electron chi connectivity index (χ1n) is 9.80. The Bertz CT molecular complexity index is 972. The van der Waals surface area contributed by atoms with Gasteiger partial charge in [-0.25, -0.2) is 13.2 Å². The van der Waals surface area contributed by atoms with E-state index in [1.54, 1.807) is 23.5 Å². The van der Waals surface area contributed by atoms with Gasteiger partial charge in [0.2, 0.25) is 10.0 Å². The zero-order chi connectivity index (χ0) is 19.0. The summed E-state index contributed by atoms with van der Waals surface area (Å²) in [6.45, 7) is 3.48. The lowest BCUT2D eigenvalue weighted by atomic mass is 10.0. The van der Waals surface area contributed by atoms with Gasteiger partial charge in [0, 0.05) is 32.2 Å². The third kappa shape index (κ3) is 3.58. The van der Waals surface area contributed by atoms with Crippen LogP contribution in [0.25, 0.3) is 11.1 Å². The van der Waals surface area contributed by atoms with E-state index in [-0.39, 0.29) is 10.9 Å². The molecule has 0 unspecified atom stereocenters. The molecule has 0 saturated carbocycles. The molecule has 0 spiro atoms. The summed E-state index contributed by atoms with van der Waals surface area (Å²) in [5, 5.41) is 0. The second-order valence-corrected chi connectivity index (χ2v) is 9.57. The molecule has 3 heterocycles. The minimum absolute atomic E-state index is 0.0142. The molecule has 0 N–H and O–H groups in total. The average Bonchev–Trinajstić information content (AvgIpc) is 2.96. The number of fused-ring (bicyclic) bond motifs is 1. The first-order chi connectivity index (χ1) is 13.0. The molecular formula is C19H27N3O4S. The molecule has 4 rings (SSSR count). The number of rotatable bonds is 4. The van der Waals surface area contributed by atoms with Crippen molar-refractivity contribution in [2.24, 2.45) is 7.05 Å². The normalized spacial score (nSPS) is 23.1. The van der Waals surface area contributed by atoms with Crippen LogP contribution in [-0.2, 0) is 17.1 Å². The SMILES string of the molecule is Cn1c(=O)oc2cc(S(=O)(=O)N3CCCC[C@@H]3CN3CCCCC3)ccc21. The molecule has 0 radical (unpaired) electrons. The minimum Gasteiger partial charge on any atom is -0.408 e. The van der Waals surface area contributed by atoms with E-state index in [4.69, 9.17) is 4.42 Å². The van der Waals surface area contributed by atoms with Crippen molar-refractivity contribution in [2.75, 3.05) is 26.2 Å². The topological polar surface area (TPSA) is 75.8 Å². The van der Waals surface area contributed by atoms with Crippen molar-refractivity contribution < 1.29 is 12.8 Å². The van der Waals surface area contributed by atoms with E-state index in [2.05, 4.69) is 4.90 Å². The maximum atomic E-state index is 13.4. The number of aromatic nitrogens is 1. The monoisotopic (exact) mass is 393 g/mol. The van der Waals surface area contributed by atoms with E-state index in [1.165, 1.54) is 29.9 Å². The van der Waals surface area contributed by atoms with E-state index in [9.17, 15) is 13.2 Å². The molecule has 2 fully saturated rings. The van der Waals surface area contributed by atoms with Crippen LogP contribution in [0.5, 0.6) is 0 Å². The van der Waals surface area contributed by atoms with Crippen LogP contribution >= 0.6 is 0 Å². The van der Waals surface area contributed by atoms with Gasteiger partial charge in [0.1, 0.15) is 0 Å². The molecule has 2 saturated heterocycles. The molecule has 148 valence electrons. The number of nitrogens with zero attached hydrogens (tertiary/aromatic N) is 3. The van der Waals surface area contributed by atoms with Gasteiger partial charge in [-0.05, 0) is 50.9 Å². The maximum absolute atomic E-state index is 13.4. The third-order valence-corrected chi connectivity index (χ3v) is 7.81. The molecule has 27 heavy (non-hydrogen) atoms. The number of hydrogen-bond acceptors (Lipinski definition) is 5. The number of piperidine rings is 2. The standard InChI is InChI=1S/C19H27N3O4S/c1-20-17-9-8-16(13-18(17)26-19(20)23)27(24,25)22-12-6-3-7-15(22)14-21-10-4-2-5-11-21/h8-9,13,15H,2-7,10-12,14H2,1H3/t15-/m1/s1. The average molecular weight is 394 g/mol. The van der Waals surface area contributed by atoms with Gasteiger partial charge < -0.3 is 9.32 Å². The van der Waals surface area contributed by atoms with Gasteiger partial charge in [-0.3, -0.25) is 4.57 Å². The van der Waals surface area contributed by atoms with Crippen LogP contribution in [0.1, 0.15) is 38.5 Å². The summed E-state index contributed by atoms with van der Waals surface area (Å²) in [6, 6.07) is 4.73. The molecular weight excluding hydrogens is 366 g/mol. The Labute approximate surface area is 159 Å². The van der Waals surface area contributed by atoms with E-state index < -0.39 is 15.8 Å². The third-order valence-electron chi connectivity index (χ3n) is 5.86. The molecule has 2 aliphatic rings. The number of oxazole rings is 1. The summed E-state index contributed by atoms with van der Waals surface area (Å²) in [5.41, 5.74) is 0.913. The van der Waals surface area contributed by atoms with Gasteiger partial charge in [-0.2, -0.15) is 4.31 Å². The lowest BCUT2D eigenvalue weighted by Crippen LogP contribution is -2.50. The minimum atomic E-state index is -3.62. The van der Waals surface area contributed by atoms with Crippen LogP contribution in [0.15, 0.2) is 32.3 Å². The van der Waals surface area contributed by atoms with Gasteiger partial charge in [-0.1, -0.05) is 12.8 Å². The molecule has 0 bridgehead atoms. The Balaban J connectivity index is 1.63. The molecule has 0 aliphatic carbocycles. The van der Waals surface area contributed by atoms with E-state index >= 15 is 0 Å². The highest BCUT2D eigenvalue weighted by Gasteiger charge is 2.35. The van der Waals surface area contributed by atoms with Crippen molar-refractivity contribution in [1.82, 2.24) is 13.8 Å². The molecule has 7 nitrogen and oxygen atoms in total. The van der Waals surface area contributed by atoms with Crippen LogP contribution in [0, 0.1) is 0 Å². The fourth-order valence-electron chi connectivity index (χ4n) is 4.32. The molecule has 1 aromatic carbocycles. The number of likely N-dealkylation sites (tertiary alicyclic amines) is 1. The lowest BCUT2D eigenvalue weighted by Gasteiger charge is -2.38. The highest BCUT2D eigenvalue weighted by atomic mass is 32.2. The number of benzene rings is 1. The molecule has 8 heteroatoms. The Hall–Kier alpha value is -1.64. The van der Waals surface area contributed by atoms with Crippen LogP contribution < -0.4 is 5.76 Å². The van der Waals surface area contributed by atoms with Crippen molar-refractivity contribution in [2.45, 2.75) is 49.5 Å². The summed E-state index contributed by atoms with van der Waals surface area (Å²) in [4.78, 5) is 14.3. The molecule has 0 amide bonds. The summed E-state index contributed by atoms with van der Waals surface area (Å²) in [5.74, 6) is -0.486. The summed E-state index contributed by atoms with van der Waals surface area (Å²) in [7, 11) is -2.01. The largest absolute Gasteiger partial charge is 0.419 e. The maximum Gasteiger partial charge on any atom is 0.419 e. The van der Waals surface area contributed by atoms with Crippen molar-refractivity contribution in [1.29, 1.82) is 0 Å². The second-order valence-electron chi connectivity index (χ2n) is 7.68. The van der Waals surface area contributed by atoms with Crippen LogP contribution in [-0.4, -0.2) is 54.4 Å². The molecule has 2 aliphatic heterocycles. The van der Waals surface area contributed by atoms with Crippen LogP contribution in [0.3, 0.4) is 0 Å². The zero-order valence-corrected chi connectivity index (χ0v) is 16.6. The van der Waals surface area contributed by atoms with Crippen LogP contribution in [0.4, 0.5) is 0 Å². The Kier molecular flexibility index (Phi) is 5.13. The van der Waals surface area contributed by atoms with Gasteiger partial charge in [0.05, 0.1) is 10.4 Å². The Morgan fingerprint density at radius 2 is 1.81 bits per heavy atom. The van der Waals surface area contributed by atoms with Gasteiger partial charge in [0.15, 0.2) is 5.58 Å². The second kappa shape index (κ2) is 7.41. The fourth-order valence-corrected chi connectivity index (χ4v) is 6.02. The van der Waals surface area contributed by atoms with Crippen molar-refractivity contribution in [3.63, 3.8) is 0 Å². The fraction of sp³-hybridized carbons (Fsp3) is 0.632. The summed E-state index contributed by atoms with van der Waals surface area (Å²) in [6.07, 6.45) is 6.52.